The molecule has 52 heavy (non-hydrogen) atoms. The first kappa shape index (κ1) is 29.2. The van der Waals surface area contributed by atoms with E-state index in [1.54, 1.807) is 0 Å². The van der Waals surface area contributed by atoms with Gasteiger partial charge in [0.1, 0.15) is 0 Å². The van der Waals surface area contributed by atoms with Crippen LogP contribution in [-0.4, -0.2) is 14.5 Å². The second-order valence-corrected chi connectivity index (χ2v) is 14.6. The maximum absolute atomic E-state index is 5.39. The minimum Gasteiger partial charge on any atom is -0.308 e. The van der Waals surface area contributed by atoms with Gasteiger partial charge in [-0.25, -0.2) is 9.97 Å². The standard InChI is InChI=1S/C49H33N3/c1-49(2)41-29-44-40(28-39(41)36-26-24-30-14-6-8-18-33(30)45(36)49)35-20-11-13-23-43(35)52(44)47-34-19-9-7-15-31(34)25-27-38(47)46-37-21-10-12-22-42(37)50-48(51-46)32-16-4-3-5-17-32/h3-29H,1-2H3. The molecule has 0 atom stereocenters. The monoisotopic (exact) mass is 663 g/mol. The number of fused-ring (bicyclic) bond motifs is 10. The number of hydrogen-bond donors (Lipinski definition) is 0. The molecule has 0 fully saturated rings. The highest BCUT2D eigenvalue weighted by Gasteiger charge is 2.38. The van der Waals surface area contributed by atoms with Crippen molar-refractivity contribution >= 4 is 54.3 Å². The molecule has 11 rings (SSSR count). The molecule has 2 heterocycles. The Balaban J connectivity index is 1.27. The van der Waals surface area contributed by atoms with Crippen molar-refractivity contribution in [2.45, 2.75) is 19.3 Å². The van der Waals surface area contributed by atoms with Gasteiger partial charge >= 0.3 is 0 Å². The second-order valence-electron chi connectivity index (χ2n) is 14.6. The molecule has 3 heteroatoms. The van der Waals surface area contributed by atoms with Crippen LogP contribution in [0.25, 0.3) is 93.7 Å². The zero-order valence-corrected chi connectivity index (χ0v) is 28.9. The molecule has 1 aliphatic carbocycles. The molecule has 0 unspecified atom stereocenters. The van der Waals surface area contributed by atoms with Crippen LogP contribution in [0.5, 0.6) is 0 Å². The quantitative estimate of drug-likeness (QED) is 0.188. The largest absolute Gasteiger partial charge is 0.308 e. The van der Waals surface area contributed by atoms with Gasteiger partial charge in [0.2, 0.25) is 0 Å². The van der Waals surface area contributed by atoms with E-state index in [-0.39, 0.29) is 5.41 Å². The lowest BCUT2D eigenvalue weighted by molar-refractivity contribution is 0.667. The van der Waals surface area contributed by atoms with E-state index >= 15 is 0 Å². The van der Waals surface area contributed by atoms with Gasteiger partial charge in [-0.05, 0) is 62.7 Å². The average molecular weight is 664 g/mol. The van der Waals surface area contributed by atoms with E-state index in [0.29, 0.717) is 0 Å². The summed E-state index contributed by atoms with van der Waals surface area (Å²) in [4.78, 5) is 10.5. The van der Waals surface area contributed by atoms with E-state index < -0.39 is 0 Å². The Morgan fingerprint density at radius 1 is 0.462 bits per heavy atom. The number of hydrogen-bond acceptors (Lipinski definition) is 2. The zero-order valence-electron chi connectivity index (χ0n) is 28.9. The molecular formula is C49H33N3. The molecule has 3 nitrogen and oxygen atoms in total. The molecule has 0 radical (unpaired) electrons. The van der Waals surface area contributed by atoms with Crippen molar-refractivity contribution in [3.8, 4) is 39.5 Å². The molecule has 0 saturated heterocycles. The summed E-state index contributed by atoms with van der Waals surface area (Å²) in [5, 5.41) is 8.51. The smallest absolute Gasteiger partial charge is 0.160 e. The Labute approximate surface area is 301 Å². The molecule has 0 saturated carbocycles. The molecule has 1 aliphatic rings. The average Bonchev–Trinajstić information content (AvgIpc) is 3.64. The van der Waals surface area contributed by atoms with Crippen LogP contribution in [0.1, 0.15) is 25.0 Å². The lowest BCUT2D eigenvalue weighted by atomic mass is 9.80. The number of aromatic nitrogens is 3. The summed E-state index contributed by atoms with van der Waals surface area (Å²) in [6.45, 7) is 4.79. The zero-order chi connectivity index (χ0) is 34.6. The SMILES string of the molecule is CC1(C)c2cc3c(cc2-c2ccc4ccccc4c21)c1ccccc1n3-c1c(-c2nc(-c3ccccc3)nc3ccccc23)ccc2ccccc12. The lowest BCUT2D eigenvalue weighted by Gasteiger charge is -2.24. The Bertz CT molecular complexity index is 3100. The van der Waals surface area contributed by atoms with E-state index in [1.165, 1.54) is 65.6 Å². The van der Waals surface area contributed by atoms with Crippen molar-refractivity contribution in [3.63, 3.8) is 0 Å². The lowest BCUT2D eigenvalue weighted by Crippen LogP contribution is -2.15. The van der Waals surface area contributed by atoms with Crippen LogP contribution in [0.2, 0.25) is 0 Å². The van der Waals surface area contributed by atoms with Gasteiger partial charge in [0.25, 0.3) is 0 Å². The topological polar surface area (TPSA) is 30.7 Å². The molecule has 0 aliphatic heterocycles. The van der Waals surface area contributed by atoms with Crippen LogP contribution in [0.3, 0.4) is 0 Å². The highest BCUT2D eigenvalue weighted by atomic mass is 15.0. The predicted octanol–water partition coefficient (Wildman–Crippen LogP) is 12.7. The molecule has 10 aromatic rings. The third kappa shape index (κ3) is 4.02. The minimum atomic E-state index is -0.184. The molecule has 0 bridgehead atoms. The fraction of sp³-hybridized carbons (Fsp3) is 0.0612. The summed E-state index contributed by atoms with van der Waals surface area (Å²) in [6.07, 6.45) is 0. The summed E-state index contributed by atoms with van der Waals surface area (Å²) in [5.41, 5.74) is 12.7. The van der Waals surface area contributed by atoms with E-state index in [2.05, 4.69) is 164 Å². The summed E-state index contributed by atoms with van der Waals surface area (Å²) >= 11 is 0. The maximum Gasteiger partial charge on any atom is 0.160 e. The first-order chi connectivity index (χ1) is 25.6. The molecule has 0 amide bonds. The molecule has 244 valence electrons. The number of para-hydroxylation sites is 2. The third-order valence-electron chi connectivity index (χ3n) is 11.3. The minimum absolute atomic E-state index is 0.184. The number of nitrogens with zero attached hydrogens (tertiary/aromatic N) is 3. The van der Waals surface area contributed by atoms with Gasteiger partial charge in [-0.2, -0.15) is 0 Å². The normalized spacial score (nSPS) is 13.3. The van der Waals surface area contributed by atoms with Crippen LogP contribution in [0, 0.1) is 0 Å². The van der Waals surface area contributed by atoms with Gasteiger partial charge < -0.3 is 4.57 Å². The van der Waals surface area contributed by atoms with E-state index in [9.17, 15) is 0 Å². The predicted molar refractivity (Wildman–Crippen MR) is 217 cm³/mol. The van der Waals surface area contributed by atoms with E-state index in [4.69, 9.17) is 9.97 Å². The first-order valence-electron chi connectivity index (χ1n) is 18.0. The van der Waals surface area contributed by atoms with Gasteiger partial charge in [-0.15, -0.1) is 0 Å². The van der Waals surface area contributed by atoms with Crippen molar-refractivity contribution in [2.75, 3.05) is 0 Å². The van der Waals surface area contributed by atoms with Crippen molar-refractivity contribution in [1.82, 2.24) is 14.5 Å². The fourth-order valence-corrected chi connectivity index (χ4v) is 8.99. The number of benzene rings is 8. The summed E-state index contributed by atoms with van der Waals surface area (Å²) in [6, 6.07) is 59.2. The van der Waals surface area contributed by atoms with E-state index in [1.807, 2.05) is 18.2 Å². The fourth-order valence-electron chi connectivity index (χ4n) is 8.99. The van der Waals surface area contributed by atoms with Crippen molar-refractivity contribution < 1.29 is 0 Å². The van der Waals surface area contributed by atoms with Gasteiger partial charge in [-0.3, -0.25) is 0 Å². The summed E-state index contributed by atoms with van der Waals surface area (Å²) in [5.74, 6) is 0.722. The van der Waals surface area contributed by atoms with Gasteiger partial charge in [0.15, 0.2) is 5.82 Å². The first-order valence-corrected chi connectivity index (χ1v) is 18.0. The van der Waals surface area contributed by atoms with Crippen LogP contribution < -0.4 is 0 Å². The Kier molecular flexibility index (Phi) is 6.01. The Morgan fingerprint density at radius 2 is 1.10 bits per heavy atom. The van der Waals surface area contributed by atoms with Crippen molar-refractivity contribution in [1.29, 1.82) is 0 Å². The molecule has 0 spiro atoms. The van der Waals surface area contributed by atoms with Crippen LogP contribution in [0.4, 0.5) is 0 Å². The molecular weight excluding hydrogens is 631 g/mol. The summed E-state index contributed by atoms with van der Waals surface area (Å²) < 4.78 is 2.51. The summed E-state index contributed by atoms with van der Waals surface area (Å²) in [7, 11) is 0. The highest BCUT2D eigenvalue weighted by molar-refractivity contribution is 6.15. The molecule has 2 aromatic heterocycles. The van der Waals surface area contributed by atoms with E-state index in [0.717, 1.165) is 39.2 Å². The van der Waals surface area contributed by atoms with Crippen molar-refractivity contribution in [3.05, 3.63) is 175 Å². The van der Waals surface area contributed by atoms with Crippen molar-refractivity contribution in [2.24, 2.45) is 0 Å². The molecule has 8 aromatic carbocycles. The molecule has 0 N–H and O–H groups in total. The van der Waals surface area contributed by atoms with Crippen LogP contribution >= 0.6 is 0 Å². The van der Waals surface area contributed by atoms with Gasteiger partial charge in [0, 0.05) is 38.1 Å². The number of rotatable bonds is 3. The Morgan fingerprint density at radius 3 is 1.90 bits per heavy atom. The highest BCUT2D eigenvalue weighted by Crippen LogP contribution is 2.53. The van der Waals surface area contributed by atoms with Crippen LogP contribution in [-0.2, 0) is 5.41 Å². The Hall–Kier alpha value is -6.58. The van der Waals surface area contributed by atoms with Gasteiger partial charge in [-0.1, -0.05) is 153 Å². The van der Waals surface area contributed by atoms with Crippen LogP contribution in [0.15, 0.2) is 164 Å². The van der Waals surface area contributed by atoms with Gasteiger partial charge in [0.05, 0.1) is 27.9 Å². The maximum atomic E-state index is 5.39. The third-order valence-corrected chi connectivity index (χ3v) is 11.3. The second kappa shape index (κ2) is 10.7.